The summed E-state index contributed by atoms with van der Waals surface area (Å²) in [6.07, 6.45) is 9.53. The molecule has 1 unspecified atom stereocenters. The van der Waals surface area contributed by atoms with Crippen molar-refractivity contribution in [2.75, 3.05) is 37.6 Å². The van der Waals surface area contributed by atoms with Crippen LogP contribution in [0.2, 0.25) is 0 Å². The smallest absolute Gasteiger partial charge is 0.195 e. The van der Waals surface area contributed by atoms with Crippen molar-refractivity contribution in [3.8, 4) is 0 Å². The van der Waals surface area contributed by atoms with Gasteiger partial charge in [0.15, 0.2) is 11.7 Å². The maximum absolute atomic E-state index is 12.2. The zero-order valence-corrected chi connectivity index (χ0v) is 13.2. The molecule has 0 amide bonds. The molecule has 0 aromatic carbocycles. The van der Waals surface area contributed by atoms with Crippen LogP contribution < -0.4 is 4.90 Å². The molecule has 0 spiro atoms. The predicted molar refractivity (Wildman–Crippen MR) is 88.0 cm³/mol. The molecule has 1 aliphatic heterocycles. The summed E-state index contributed by atoms with van der Waals surface area (Å²) in [5, 5.41) is 0. The number of hydrogen-bond donors (Lipinski definition) is 0. The standard InChI is InChI=1S/C18H24N2O2/c1-15-4-6-16(7-5-15)17(21)8-9-19-10-12-20(13-11-19)18-3-2-14-22-18/h2-4,6-7,14-15H,5,8-13H2,1H3. The van der Waals surface area contributed by atoms with Crippen LogP contribution in [0, 0.1) is 5.92 Å². The third-order valence-corrected chi connectivity index (χ3v) is 4.48. The third-order valence-electron chi connectivity index (χ3n) is 4.48. The van der Waals surface area contributed by atoms with Gasteiger partial charge in [0.05, 0.1) is 6.26 Å². The lowest BCUT2D eigenvalue weighted by atomic mass is 9.95. The third kappa shape index (κ3) is 3.69. The summed E-state index contributed by atoms with van der Waals surface area (Å²) in [5.41, 5.74) is 0.896. The van der Waals surface area contributed by atoms with E-state index in [2.05, 4.69) is 28.9 Å². The van der Waals surface area contributed by atoms with Crippen LogP contribution in [0.1, 0.15) is 19.8 Å². The molecule has 0 bridgehead atoms. The van der Waals surface area contributed by atoms with Crippen LogP contribution in [0.25, 0.3) is 0 Å². The molecule has 1 saturated heterocycles. The molecule has 1 fully saturated rings. The highest BCUT2D eigenvalue weighted by atomic mass is 16.3. The summed E-state index contributed by atoms with van der Waals surface area (Å²) in [5.74, 6) is 1.78. The number of Topliss-reactive ketones (excluding diaryl/α,β-unsaturated/α-hetero) is 1. The SMILES string of the molecule is CC1C=CC(C(=O)CCN2CCN(c3ccco3)CC2)=CC1. The number of piperazine rings is 1. The Bertz CT molecular complexity index is 552. The normalized spacial score (nSPS) is 22.7. The van der Waals surface area contributed by atoms with Gasteiger partial charge in [-0.2, -0.15) is 0 Å². The minimum Gasteiger partial charge on any atom is -0.449 e. The van der Waals surface area contributed by atoms with Crippen LogP contribution in [-0.4, -0.2) is 43.4 Å². The van der Waals surface area contributed by atoms with Crippen LogP contribution in [0.5, 0.6) is 0 Å². The second kappa shape index (κ2) is 6.97. The first-order valence-corrected chi connectivity index (χ1v) is 8.15. The number of anilines is 1. The lowest BCUT2D eigenvalue weighted by Gasteiger charge is -2.34. The highest BCUT2D eigenvalue weighted by Crippen LogP contribution is 2.18. The molecule has 2 aliphatic rings. The molecule has 2 heterocycles. The van der Waals surface area contributed by atoms with Gasteiger partial charge < -0.3 is 9.32 Å². The van der Waals surface area contributed by atoms with Crippen molar-refractivity contribution in [1.82, 2.24) is 4.90 Å². The van der Waals surface area contributed by atoms with Crippen LogP contribution in [0.4, 0.5) is 5.88 Å². The van der Waals surface area contributed by atoms with Gasteiger partial charge in [0.1, 0.15) is 0 Å². The summed E-state index contributed by atoms with van der Waals surface area (Å²) >= 11 is 0. The lowest BCUT2D eigenvalue weighted by Crippen LogP contribution is -2.46. The Labute approximate surface area is 132 Å². The zero-order valence-electron chi connectivity index (χ0n) is 13.2. The van der Waals surface area contributed by atoms with Gasteiger partial charge in [-0.05, 0) is 18.4 Å². The van der Waals surface area contributed by atoms with E-state index in [0.29, 0.717) is 12.3 Å². The number of allylic oxidation sites excluding steroid dienone is 4. The molecule has 1 atom stereocenters. The molecule has 0 N–H and O–H groups in total. The van der Waals surface area contributed by atoms with Gasteiger partial charge in [-0.3, -0.25) is 9.69 Å². The molecule has 0 radical (unpaired) electrons. The van der Waals surface area contributed by atoms with E-state index >= 15 is 0 Å². The molecule has 22 heavy (non-hydrogen) atoms. The molecule has 3 rings (SSSR count). The van der Waals surface area contributed by atoms with Crippen molar-refractivity contribution >= 4 is 11.7 Å². The number of rotatable bonds is 5. The van der Waals surface area contributed by atoms with Gasteiger partial charge in [0.25, 0.3) is 0 Å². The van der Waals surface area contributed by atoms with E-state index in [1.54, 1.807) is 6.26 Å². The Morgan fingerprint density at radius 3 is 2.77 bits per heavy atom. The van der Waals surface area contributed by atoms with Crippen molar-refractivity contribution in [2.24, 2.45) is 5.92 Å². The fourth-order valence-corrected chi connectivity index (χ4v) is 2.98. The van der Waals surface area contributed by atoms with Crippen molar-refractivity contribution in [3.63, 3.8) is 0 Å². The molecule has 118 valence electrons. The predicted octanol–water partition coefficient (Wildman–Crippen LogP) is 2.88. The number of hydrogen-bond acceptors (Lipinski definition) is 4. The van der Waals surface area contributed by atoms with Gasteiger partial charge >= 0.3 is 0 Å². The van der Waals surface area contributed by atoms with Gasteiger partial charge in [-0.1, -0.05) is 25.2 Å². The highest BCUT2D eigenvalue weighted by Gasteiger charge is 2.19. The maximum atomic E-state index is 12.2. The Kier molecular flexibility index (Phi) is 4.78. The van der Waals surface area contributed by atoms with Crippen molar-refractivity contribution in [3.05, 3.63) is 42.2 Å². The molecular weight excluding hydrogens is 276 g/mol. The Hall–Kier alpha value is -1.81. The monoisotopic (exact) mass is 300 g/mol. The first kappa shape index (κ1) is 15.1. The lowest BCUT2D eigenvalue weighted by molar-refractivity contribution is -0.115. The summed E-state index contributed by atoms with van der Waals surface area (Å²) < 4.78 is 5.43. The Morgan fingerprint density at radius 2 is 2.14 bits per heavy atom. The van der Waals surface area contributed by atoms with E-state index in [4.69, 9.17) is 4.42 Å². The molecule has 0 saturated carbocycles. The largest absolute Gasteiger partial charge is 0.449 e. The van der Waals surface area contributed by atoms with Crippen LogP contribution >= 0.6 is 0 Å². The number of ketones is 1. The summed E-state index contributed by atoms with van der Waals surface area (Å²) in [6, 6.07) is 3.93. The first-order valence-electron chi connectivity index (χ1n) is 8.15. The number of nitrogens with zero attached hydrogens (tertiary/aromatic N) is 2. The van der Waals surface area contributed by atoms with Gasteiger partial charge in [0, 0.05) is 50.8 Å². The maximum Gasteiger partial charge on any atom is 0.195 e. The summed E-state index contributed by atoms with van der Waals surface area (Å²) in [7, 11) is 0. The average molecular weight is 300 g/mol. The fraction of sp³-hybridized carbons (Fsp3) is 0.500. The molecule has 1 aromatic rings. The molecular formula is C18H24N2O2. The molecule has 1 aliphatic carbocycles. The number of carbonyl (C=O) groups excluding carboxylic acids is 1. The molecule has 4 heteroatoms. The number of furan rings is 1. The zero-order chi connectivity index (χ0) is 15.4. The topological polar surface area (TPSA) is 36.7 Å². The van der Waals surface area contributed by atoms with Gasteiger partial charge in [-0.25, -0.2) is 0 Å². The highest BCUT2D eigenvalue weighted by molar-refractivity contribution is 5.98. The van der Waals surface area contributed by atoms with E-state index < -0.39 is 0 Å². The van der Waals surface area contributed by atoms with Gasteiger partial charge in [0.2, 0.25) is 0 Å². The van der Waals surface area contributed by atoms with Crippen molar-refractivity contribution < 1.29 is 9.21 Å². The van der Waals surface area contributed by atoms with E-state index in [1.165, 1.54) is 0 Å². The van der Waals surface area contributed by atoms with Crippen LogP contribution in [0.3, 0.4) is 0 Å². The van der Waals surface area contributed by atoms with E-state index in [1.807, 2.05) is 18.2 Å². The van der Waals surface area contributed by atoms with Crippen LogP contribution in [-0.2, 0) is 4.79 Å². The minimum absolute atomic E-state index is 0.275. The summed E-state index contributed by atoms with van der Waals surface area (Å²) in [4.78, 5) is 16.9. The van der Waals surface area contributed by atoms with Crippen molar-refractivity contribution in [2.45, 2.75) is 19.8 Å². The summed E-state index contributed by atoms with van der Waals surface area (Å²) in [6.45, 7) is 6.92. The Balaban J connectivity index is 1.42. The van der Waals surface area contributed by atoms with E-state index in [-0.39, 0.29) is 5.78 Å². The van der Waals surface area contributed by atoms with Gasteiger partial charge in [-0.15, -0.1) is 0 Å². The number of carbonyl (C=O) groups is 1. The average Bonchev–Trinajstić information content (AvgIpc) is 3.08. The molecule has 1 aromatic heterocycles. The molecule has 4 nitrogen and oxygen atoms in total. The van der Waals surface area contributed by atoms with Crippen molar-refractivity contribution in [1.29, 1.82) is 0 Å². The first-order chi connectivity index (χ1) is 10.7. The fourth-order valence-electron chi connectivity index (χ4n) is 2.98. The minimum atomic E-state index is 0.275. The van der Waals surface area contributed by atoms with E-state index in [0.717, 1.165) is 50.6 Å². The quantitative estimate of drug-likeness (QED) is 0.838. The Morgan fingerprint density at radius 1 is 1.32 bits per heavy atom. The van der Waals surface area contributed by atoms with E-state index in [9.17, 15) is 4.79 Å². The second-order valence-corrected chi connectivity index (χ2v) is 6.18. The van der Waals surface area contributed by atoms with Crippen LogP contribution in [0.15, 0.2) is 46.6 Å². The second-order valence-electron chi connectivity index (χ2n) is 6.18.